The fraction of sp³-hybridized carbons (Fsp3) is 0.154. The Balaban J connectivity index is 1.66. The molecule has 5 nitrogen and oxygen atoms in total. The molecule has 1 aliphatic rings. The van der Waals surface area contributed by atoms with Crippen LogP contribution in [0.5, 0.6) is 0 Å². The van der Waals surface area contributed by atoms with Crippen molar-refractivity contribution >= 4 is 56.7 Å². The summed E-state index contributed by atoms with van der Waals surface area (Å²) in [4.78, 5) is 26.5. The quantitative estimate of drug-likeness (QED) is 0.758. The molecule has 3 N–H and O–H groups in total. The Labute approximate surface area is 124 Å². The minimum atomic E-state index is -0.432. The first-order valence-electron chi connectivity index (χ1n) is 6.00. The third-order valence-corrected chi connectivity index (χ3v) is 4.35. The number of benzene rings is 1. The lowest BCUT2D eigenvalue weighted by atomic mass is 10.2. The molecule has 1 aromatic heterocycles. The fourth-order valence-electron chi connectivity index (χ4n) is 2.04. The van der Waals surface area contributed by atoms with Crippen LogP contribution in [-0.4, -0.2) is 26.4 Å². The van der Waals surface area contributed by atoms with Crippen molar-refractivity contribution in [1.82, 2.24) is 10.3 Å². The van der Waals surface area contributed by atoms with Gasteiger partial charge in [0.25, 0.3) is 0 Å². The summed E-state index contributed by atoms with van der Waals surface area (Å²) >= 11 is 6.12. The van der Waals surface area contributed by atoms with E-state index in [0.29, 0.717) is 10.0 Å². The molecule has 1 fully saturated rings. The molecule has 1 aliphatic heterocycles. The molecule has 0 spiro atoms. The number of H-pyrrole nitrogens is 1. The summed E-state index contributed by atoms with van der Waals surface area (Å²) in [5.74, 6) is -0.395. The molecule has 1 aromatic carbocycles. The SMILES string of the molecule is O=C(C[C@@H]1SC(=S)NC1=O)Nc1ccc2[nH]ccc2c1. The highest BCUT2D eigenvalue weighted by Gasteiger charge is 2.30. The number of aromatic amines is 1. The van der Waals surface area contributed by atoms with Crippen LogP contribution < -0.4 is 10.6 Å². The second-order valence-corrected chi connectivity index (χ2v) is 6.29. The van der Waals surface area contributed by atoms with E-state index in [0.717, 1.165) is 10.9 Å². The molecule has 1 saturated heterocycles. The van der Waals surface area contributed by atoms with Crippen LogP contribution in [0.25, 0.3) is 10.9 Å². The van der Waals surface area contributed by atoms with Crippen LogP contribution in [0.2, 0.25) is 0 Å². The predicted molar refractivity (Wildman–Crippen MR) is 83.7 cm³/mol. The normalized spacial score (nSPS) is 18.3. The average molecular weight is 305 g/mol. The van der Waals surface area contributed by atoms with Crippen molar-refractivity contribution in [2.75, 3.05) is 5.32 Å². The third-order valence-electron chi connectivity index (χ3n) is 2.97. The Hall–Kier alpha value is -1.86. The van der Waals surface area contributed by atoms with E-state index in [-0.39, 0.29) is 18.2 Å². The maximum Gasteiger partial charge on any atom is 0.239 e. The van der Waals surface area contributed by atoms with Crippen LogP contribution >= 0.6 is 24.0 Å². The van der Waals surface area contributed by atoms with Crippen molar-refractivity contribution in [2.45, 2.75) is 11.7 Å². The fourth-order valence-corrected chi connectivity index (χ4v) is 3.31. The number of carbonyl (C=O) groups is 2. The summed E-state index contributed by atoms with van der Waals surface area (Å²) in [6.45, 7) is 0. The number of thioether (sulfide) groups is 1. The minimum Gasteiger partial charge on any atom is -0.361 e. The molecule has 2 amide bonds. The molecule has 0 unspecified atom stereocenters. The summed E-state index contributed by atoms with van der Waals surface area (Å²) in [5.41, 5.74) is 1.73. The maximum absolute atomic E-state index is 11.9. The highest BCUT2D eigenvalue weighted by atomic mass is 32.2. The summed E-state index contributed by atoms with van der Waals surface area (Å²) < 4.78 is 0.432. The highest BCUT2D eigenvalue weighted by Crippen LogP contribution is 2.23. The van der Waals surface area contributed by atoms with Gasteiger partial charge in [-0.1, -0.05) is 24.0 Å². The lowest BCUT2D eigenvalue weighted by Gasteiger charge is -2.07. The monoisotopic (exact) mass is 305 g/mol. The van der Waals surface area contributed by atoms with Gasteiger partial charge in [-0.05, 0) is 24.3 Å². The van der Waals surface area contributed by atoms with Crippen molar-refractivity contribution in [3.05, 3.63) is 30.5 Å². The van der Waals surface area contributed by atoms with Gasteiger partial charge in [0.05, 0.1) is 5.25 Å². The van der Waals surface area contributed by atoms with E-state index < -0.39 is 5.25 Å². The van der Waals surface area contributed by atoms with E-state index in [4.69, 9.17) is 12.2 Å². The molecule has 0 saturated carbocycles. The molecular weight excluding hydrogens is 294 g/mol. The Morgan fingerprint density at radius 1 is 1.40 bits per heavy atom. The summed E-state index contributed by atoms with van der Waals surface area (Å²) in [6.07, 6.45) is 1.96. The number of carbonyl (C=O) groups excluding carboxylic acids is 2. The van der Waals surface area contributed by atoms with Gasteiger partial charge in [0.2, 0.25) is 11.8 Å². The zero-order valence-electron chi connectivity index (χ0n) is 10.3. The van der Waals surface area contributed by atoms with E-state index in [1.165, 1.54) is 11.8 Å². The summed E-state index contributed by atoms with van der Waals surface area (Å²) in [7, 11) is 0. The van der Waals surface area contributed by atoms with Gasteiger partial charge >= 0.3 is 0 Å². The maximum atomic E-state index is 11.9. The van der Waals surface area contributed by atoms with Crippen molar-refractivity contribution in [1.29, 1.82) is 0 Å². The van der Waals surface area contributed by atoms with E-state index in [9.17, 15) is 9.59 Å². The van der Waals surface area contributed by atoms with Gasteiger partial charge in [-0.25, -0.2) is 0 Å². The van der Waals surface area contributed by atoms with E-state index >= 15 is 0 Å². The Morgan fingerprint density at radius 2 is 2.25 bits per heavy atom. The molecule has 20 heavy (non-hydrogen) atoms. The minimum absolute atomic E-state index is 0.113. The van der Waals surface area contributed by atoms with Gasteiger partial charge < -0.3 is 15.6 Å². The Kier molecular flexibility index (Phi) is 3.45. The number of amides is 2. The molecule has 7 heteroatoms. The lowest BCUT2D eigenvalue weighted by Crippen LogP contribution is -2.27. The molecular formula is C13H11N3O2S2. The highest BCUT2D eigenvalue weighted by molar-refractivity contribution is 8.24. The molecule has 0 bridgehead atoms. The average Bonchev–Trinajstić information content (AvgIpc) is 2.96. The van der Waals surface area contributed by atoms with Crippen LogP contribution in [0, 0.1) is 0 Å². The predicted octanol–water partition coefficient (Wildman–Crippen LogP) is 2.01. The van der Waals surface area contributed by atoms with Gasteiger partial charge in [-0.15, -0.1) is 0 Å². The van der Waals surface area contributed by atoms with E-state index in [1.54, 1.807) is 0 Å². The van der Waals surface area contributed by atoms with Gasteiger partial charge in [0.15, 0.2) is 0 Å². The lowest BCUT2D eigenvalue weighted by molar-refractivity contribution is -0.122. The topological polar surface area (TPSA) is 74.0 Å². The van der Waals surface area contributed by atoms with Crippen molar-refractivity contribution < 1.29 is 9.59 Å². The number of aromatic nitrogens is 1. The van der Waals surface area contributed by atoms with Gasteiger partial charge in [0, 0.05) is 29.2 Å². The van der Waals surface area contributed by atoms with Crippen LogP contribution in [-0.2, 0) is 9.59 Å². The second-order valence-electron chi connectivity index (χ2n) is 4.42. The first kappa shape index (κ1) is 13.1. The zero-order valence-corrected chi connectivity index (χ0v) is 11.9. The number of hydrogen-bond acceptors (Lipinski definition) is 4. The second kappa shape index (κ2) is 5.26. The third kappa shape index (κ3) is 2.68. The summed E-state index contributed by atoms with van der Waals surface area (Å²) in [6, 6.07) is 7.54. The molecule has 3 rings (SSSR count). The molecule has 2 aromatic rings. The smallest absolute Gasteiger partial charge is 0.239 e. The van der Waals surface area contributed by atoms with Crippen LogP contribution in [0.1, 0.15) is 6.42 Å². The molecule has 102 valence electrons. The number of nitrogens with one attached hydrogen (secondary N) is 3. The van der Waals surface area contributed by atoms with Crippen LogP contribution in [0.3, 0.4) is 0 Å². The number of anilines is 1. The standard InChI is InChI=1S/C13H11N3O2S2/c17-11(6-10-12(18)16-13(19)20-10)15-8-1-2-9-7(5-8)3-4-14-9/h1-5,10,14H,6H2,(H,15,17)(H,16,18,19)/t10-/m0/s1. The molecule has 2 heterocycles. The largest absolute Gasteiger partial charge is 0.361 e. The van der Waals surface area contributed by atoms with Crippen molar-refractivity contribution in [2.24, 2.45) is 0 Å². The van der Waals surface area contributed by atoms with Gasteiger partial charge in [-0.2, -0.15) is 0 Å². The number of thiocarbonyl (C=S) groups is 1. The molecule has 1 atom stereocenters. The first-order valence-corrected chi connectivity index (χ1v) is 7.29. The van der Waals surface area contributed by atoms with Crippen LogP contribution in [0.4, 0.5) is 5.69 Å². The Bertz CT molecular complexity index is 710. The van der Waals surface area contributed by atoms with E-state index in [1.807, 2.05) is 30.5 Å². The van der Waals surface area contributed by atoms with Crippen molar-refractivity contribution in [3.8, 4) is 0 Å². The van der Waals surface area contributed by atoms with Gasteiger partial charge in [-0.3, -0.25) is 9.59 Å². The molecule has 0 aliphatic carbocycles. The van der Waals surface area contributed by atoms with Gasteiger partial charge in [0.1, 0.15) is 4.32 Å². The zero-order chi connectivity index (χ0) is 14.1. The van der Waals surface area contributed by atoms with Crippen LogP contribution in [0.15, 0.2) is 30.5 Å². The number of fused-ring (bicyclic) bond motifs is 1. The number of hydrogen-bond donors (Lipinski definition) is 3. The first-order chi connectivity index (χ1) is 9.61. The Morgan fingerprint density at radius 3 is 3.00 bits per heavy atom. The number of rotatable bonds is 3. The van der Waals surface area contributed by atoms with Crippen molar-refractivity contribution in [3.63, 3.8) is 0 Å². The molecule has 0 radical (unpaired) electrons. The summed E-state index contributed by atoms with van der Waals surface area (Å²) in [5, 5.41) is 5.92. The van der Waals surface area contributed by atoms with E-state index in [2.05, 4.69) is 15.6 Å².